The van der Waals surface area contributed by atoms with Gasteiger partial charge >= 0.3 is 0 Å². The van der Waals surface area contributed by atoms with Gasteiger partial charge in [0, 0.05) is 6.04 Å². The molecule has 3 nitrogen and oxygen atoms in total. The lowest BCUT2D eigenvalue weighted by Gasteiger charge is -2.05. The molecule has 1 aromatic heterocycles. The smallest absolute Gasteiger partial charge is 0.157 e. The van der Waals surface area contributed by atoms with Gasteiger partial charge in [-0.15, -0.1) is 0 Å². The van der Waals surface area contributed by atoms with Crippen LogP contribution in [0.1, 0.15) is 91.0 Å². The first-order chi connectivity index (χ1) is 10.2. The van der Waals surface area contributed by atoms with Crippen molar-refractivity contribution < 1.29 is 4.74 Å². The van der Waals surface area contributed by atoms with Gasteiger partial charge in [-0.3, -0.25) is 4.68 Å². The first-order valence-corrected chi connectivity index (χ1v) is 8.91. The zero-order chi connectivity index (χ0) is 15.3. The maximum atomic E-state index is 5.73. The number of rotatable bonds is 13. The molecule has 0 radical (unpaired) electrons. The highest BCUT2D eigenvalue weighted by Gasteiger charge is 2.02. The fourth-order valence-corrected chi connectivity index (χ4v) is 2.46. The Morgan fingerprint density at radius 2 is 1.52 bits per heavy atom. The summed E-state index contributed by atoms with van der Waals surface area (Å²) in [6, 6.07) is 0.402. The minimum Gasteiger partial charge on any atom is -0.490 e. The summed E-state index contributed by atoms with van der Waals surface area (Å²) in [7, 11) is 0. The Morgan fingerprint density at radius 3 is 2.05 bits per heavy atom. The molecule has 0 bridgehead atoms. The number of hydrogen-bond acceptors (Lipinski definition) is 2. The van der Waals surface area contributed by atoms with Crippen LogP contribution in [0.3, 0.4) is 0 Å². The van der Waals surface area contributed by atoms with Crippen LogP contribution in [0.5, 0.6) is 5.75 Å². The molecule has 1 rings (SSSR count). The molecule has 0 saturated carbocycles. The summed E-state index contributed by atoms with van der Waals surface area (Å²) in [5.41, 5.74) is 0. The number of aromatic nitrogens is 2. The molecule has 122 valence electrons. The van der Waals surface area contributed by atoms with Crippen LogP contribution >= 0.6 is 0 Å². The van der Waals surface area contributed by atoms with E-state index in [1.807, 2.05) is 17.1 Å². The SMILES string of the molecule is CCCCCCCCCCCCOc1cnn(C(C)C)c1. The van der Waals surface area contributed by atoms with Gasteiger partial charge in [-0.1, -0.05) is 64.7 Å². The summed E-state index contributed by atoms with van der Waals surface area (Å²) >= 11 is 0. The van der Waals surface area contributed by atoms with Gasteiger partial charge in [0.1, 0.15) is 0 Å². The second-order valence-electron chi connectivity index (χ2n) is 6.28. The largest absolute Gasteiger partial charge is 0.490 e. The second-order valence-corrected chi connectivity index (χ2v) is 6.28. The lowest BCUT2D eigenvalue weighted by atomic mass is 10.1. The maximum absolute atomic E-state index is 5.73. The van der Waals surface area contributed by atoms with Crippen molar-refractivity contribution in [2.24, 2.45) is 0 Å². The van der Waals surface area contributed by atoms with Crippen molar-refractivity contribution >= 4 is 0 Å². The molecule has 0 aliphatic carbocycles. The molecule has 0 aliphatic heterocycles. The fraction of sp³-hybridized carbons (Fsp3) is 0.833. The third-order valence-electron chi connectivity index (χ3n) is 3.87. The van der Waals surface area contributed by atoms with Crippen molar-refractivity contribution in [2.75, 3.05) is 6.61 Å². The highest BCUT2D eigenvalue weighted by molar-refractivity contribution is 5.11. The van der Waals surface area contributed by atoms with E-state index in [1.165, 1.54) is 57.8 Å². The second kappa shape index (κ2) is 11.6. The summed E-state index contributed by atoms with van der Waals surface area (Å²) in [5, 5.41) is 4.28. The van der Waals surface area contributed by atoms with Gasteiger partial charge in [0.25, 0.3) is 0 Å². The zero-order valence-electron chi connectivity index (χ0n) is 14.3. The molecule has 1 aromatic rings. The molecule has 0 unspecified atom stereocenters. The molecule has 0 amide bonds. The minimum absolute atomic E-state index is 0.402. The third kappa shape index (κ3) is 8.79. The average Bonchev–Trinajstić information content (AvgIpc) is 2.94. The molecule has 21 heavy (non-hydrogen) atoms. The van der Waals surface area contributed by atoms with Crippen LogP contribution in [0.2, 0.25) is 0 Å². The van der Waals surface area contributed by atoms with Crippen molar-refractivity contribution in [1.82, 2.24) is 9.78 Å². The van der Waals surface area contributed by atoms with E-state index < -0.39 is 0 Å². The van der Waals surface area contributed by atoms with Crippen LogP contribution in [0.4, 0.5) is 0 Å². The summed E-state index contributed by atoms with van der Waals surface area (Å²) in [5.74, 6) is 0.902. The van der Waals surface area contributed by atoms with Gasteiger partial charge in [-0.05, 0) is 20.3 Å². The van der Waals surface area contributed by atoms with Crippen molar-refractivity contribution in [3.63, 3.8) is 0 Å². The Morgan fingerprint density at radius 1 is 0.952 bits per heavy atom. The predicted octanol–water partition coefficient (Wildman–Crippen LogP) is 5.76. The van der Waals surface area contributed by atoms with Crippen LogP contribution in [0.25, 0.3) is 0 Å². The van der Waals surface area contributed by atoms with Crippen LogP contribution < -0.4 is 4.74 Å². The molecule has 0 fully saturated rings. The highest BCUT2D eigenvalue weighted by atomic mass is 16.5. The molecule has 0 saturated heterocycles. The summed E-state index contributed by atoms with van der Waals surface area (Å²) < 4.78 is 7.66. The molecule has 0 aromatic carbocycles. The Kier molecular flexibility index (Phi) is 10.0. The standard InChI is InChI=1S/C18H34N2O/c1-4-5-6-7-8-9-10-11-12-13-14-21-18-15-19-20(16-18)17(2)3/h15-17H,4-14H2,1-3H3. The van der Waals surface area contributed by atoms with Crippen molar-refractivity contribution in [3.8, 4) is 5.75 Å². The fourth-order valence-electron chi connectivity index (χ4n) is 2.46. The van der Waals surface area contributed by atoms with E-state index in [0.717, 1.165) is 18.8 Å². The summed E-state index contributed by atoms with van der Waals surface area (Å²) in [4.78, 5) is 0. The summed E-state index contributed by atoms with van der Waals surface area (Å²) in [6.07, 6.45) is 17.4. The maximum Gasteiger partial charge on any atom is 0.157 e. The Labute approximate surface area is 131 Å². The van der Waals surface area contributed by atoms with E-state index in [0.29, 0.717) is 6.04 Å². The monoisotopic (exact) mass is 294 g/mol. The zero-order valence-corrected chi connectivity index (χ0v) is 14.3. The topological polar surface area (TPSA) is 27.1 Å². The van der Waals surface area contributed by atoms with E-state index in [9.17, 15) is 0 Å². The normalized spacial score (nSPS) is 11.2. The van der Waals surface area contributed by atoms with Crippen LogP contribution in [-0.2, 0) is 0 Å². The van der Waals surface area contributed by atoms with Crippen molar-refractivity contribution in [3.05, 3.63) is 12.4 Å². The minimum atomic E-state index is 0.402. The number of nitrogens with zero attached hydrogens (tertiary/aromatic N) is 2. The molecule has 3 heteroatoms. The first kappa shape index (κ1) is 18.1. The van der Waals surface area contributed by atoms with E-state index in [4.69, 9.17) is 4.74 Å². The van der Waals surface area contributed by atoms with E-state index >= 15 is 0 Å². The molecule has 1 heterocycles. The van der Waals surface area contributed by atoms with E-state index in [-0.39, 0.29) is 0 Å². The molecular weight excluding hydrogens is 260 g/mol. The number of unbranched alkanes of at least 4 members (excludes halogenated alkanes) is 9. The number of hydrogen-bond donors (Lipinski definition) is 0. The van der Waals surface area contributed by atoms with Gasteiger partial charge in [-0.25, -0.2) is 0 Å². The van der Waals surface area contributed by atoms with Gasteiger partial charge < -0.3 is 4.74 Å². The highest BCUT2D eigenvalue weighted by Crippen LogP contribution is 2.14. The average molecular weight is 294 g/mol. The molecular formula is C18H34N2O. The van der Waals surface area contributed by atoms with Gasteiger partial charge in [-0.2, -0.15) is 5.10 Å². The molecule has 0 spiro atoms. The predicted molar refractivity (Wildman–Crippen MR) is 90.0 cm³/mol. The third-order valence-corrected chi connectivity index (χ3v) is 3.87. The van der Waals surface area contributed by atoms with Crippen LogP contribution in [0.15, 0.2) is 12.4 Å². The van der Waals surface area contributed by atoms with E-state index in [1.54, 1.807) is 0 Å². The Balaban J connectivity index is 1.88. The van der Waals surface area contributed by atoms with Crippen molar-refractivity contribution in [1.29, 1.82) is 0 Å². The van der Waals surface area contributed by atoms with Crippen LogP contribution in [-0.4, -0.2) is 16.4 Å². The lowest BCUT2D eigenvalue weighted by molar-refractivity contribution is 0.303. The van der Waals surface area contributed by atoms with Crippen LogP contribution in [0, 0.1) is 0 Å². The van der Waals surface area contributed by atoms with Gasteiger partial charge in [0.2, 0.25) is 0 Å². The summed E-state index contributed by atoms with van der Waals surface area (Å²) in [6.45, 7) is 7.34. The van der Waals surface area contributed by atoms with E-state index in [2.05, 4.69) is 25.9 Å². The quantitative estimate of drug-likeness (QED) is 0.432. The van der Waals surface area contributed by atoms with Gasteiger partial charge in [0.05, 0.1) is 19.0 Å². The van der Waals surface area contributed by atoms with Gasteiger partial charge in [0.15, 0.2) is 5.75 Å². The molecule has 0 N–H and O–H groups in total. The van der Waals surface area contributed by atoms with Crippen molar-refractivity contribution in [2.45, 2.75) is 91.0 Å². The molecule has 0 atom stereocenters. The Bertz CT molecular complexity index is 347. The first-order valence-electron chi connectivity index (χ1n) is 8.91. The molecule has 0 aliphatic rings. The Hall–Kier alpha value is -0.990. The lowest BCUT2D eigenvalue weighted by Crippen LogP contribution is -2.00. The number of ether oxygens (including phenoxy) is 1.